The molecule has 0 saturated carbocycles. The quantitative estimate of drug-likeness (QED) is 0.600. The Morgan fingerprint density at radius 1 is 1.20 bits per heavy atom. The van der Waals surface area contributed by atoms with E-state index in [0.717, 1.165) is 23.5 Å². The number of halogens is 2. The molecule has 1 unspecified atom stereocenters. The van der Waals surface area contributed by atoms with Gasteiger partial charge >= 0.3 is 0 Å². The molecule has 0 aliphatic carbocycles. The van der Waals surface area contributed by atoms with Gasteiger partial charge in [-0.25, -0.2) is 0 Å². The van der Waals surface area contributed by atoms with Crippen molar-refractivity contribution in [3.05, 3.63) is 35.4 Å². The van der Waals surface area contributed by atoms with Crippen molar-refractivity contribution in [3.63, 3.8) is 0 Å². The van der Waals surface area contributed by atoms with Crippen LogP contribution in [0.4, 0.5) is 0 Å². The lowest BCUT2D eigenvalue weighted by molar-refractivity contribution is -0.0247. The van der Waals surface area contributed by atoms with Crippen LogP contribution in [0.5, 0.6) is 0 Å². The molecule has 1 aromatic carbocycles. The van der Waals surface area contributed by atoms with E-state index in [4.69, 9.17) is 4.74 Å². The molecule has 0 N–H and O–H groups in total. The second-order valence-electron chi connectivity index (χ2n) is 6.66. The van der Waals surface area contributed by atoms with Gasteiger partial charge in [-0.3, -0.25) is 0 Å². The maximum atomic E-state index is 6.21. The van der Waals surface area contributed by atoms with Crippen molar-refractivity contribution in [2.24, 2.45) is 0 Å². The molecule has 2 rings (SSSR count). The van der Waals surface area contributed by atoms with Crippen molar-refractivity contribution >= 4 is 31.9 Å². The third kappa shape index (κ3) is 3.66. The van der Waals surface area contributed by atoms with Gasteiger partial charge in [0.05, 0.1) is 11.7 Å². The molecule has 1 aliphatic heterocycles. The number of hydrogen-bond acceptors (Lipinski definition) is 1. The van der Waals surface area contributed by atoms with E-state index >= 15 is 0 Å². The predicted molar refractivity (Wildman–Crippen MR) is 93.2 cm³/mol. The van der Waals surface area contributed by atoms with E-state index in [2.05, 4.69) is 76.9 Å². The highest BCUT2D eigenvalue weighted by atomic mass is 79.9. The first kappa shape index (κ1) is 16.5. The molecule has 1 saturated heterocycles. The first-order valence-electron chi connectivity index (χ1n) is 7.28. The molecule has 20 heavy (non-hydrogen) atoms. The summed E-state index contributed by atoms with van der Waals surface area (Å²) in [4.78, 5) is 0. The molecule has 0 spiro atoms. The Hall–Kier alpha value is 0.140. The average molecular weight is 404 g/mol. The van der Waals surface area contributed by atoms with E-state index in [-0.39, 0.29) is 11.0 Å². The second-order valence-corrected chi connectivity index (χ2v) is 7.78. The first-order chi connectivity index (χ1) is 9.41. The van der Waals surface area contributed by atoms with Crippen molar-refractivity contribution in [2.45, 2.75) is 57.2 Å². The van der Waals surface area contributed by atoms with Gasteiger partial charge in [-0.15, -0.1) is 0 Å². The standard InChI is InChI=1S/C17H24Br2O/c1-13-4-6-14(7-5-13)17(11-18,12-19)10-15-8-9-16(2,3)20-15/h4-7,15H,8-12H2,1-3H3. The monoisotopic (exact) mass is 402 g/mol. The minimum atomic E-state index is 0.0440. The lowest BCUT2D eigenvalue weighted by atomic mass is 9.79. The van der Waals surface area contributed by atoms with Crippen molar-refractivity contribution in [3.8, 4) is 0 Å². The van der Waals surface area contributed by atoms with Gasteiger partial charge in [0.15, 0.2) is 0 Å². The number of rotatable bonds is 5. The van der Waals surface area contributed by atoms with E-state index in [1.54, 1.807) is 0 Å². The SMILES string of the molecule is Cc1ccc(C(CBr)(CBr)CC2CCC(C)(C)O2)cc1. The van der Waals surface area contributed by atoms with Crippen molar-refractivity contribution in [1.82, 2.24) is 0 Å². The average Bonchev–Trinajstić information content (AvgIpc) is 2.76. The summed E-state index contributed by atoms with van der Waals surface area (Å²) in [5.41, 5.74) is 2.86. The van der Waals surface area contributed by atoms with E-state index in [9.17, 15) is 0 Å². The topological polar surface area (TPSA) is 9.23 Å². The molecule has 112 valence electrons. The van der Waals surface area contributed by atoms with Gasteiger partial charge in [0.25, 0.3) is 0 Å². The summed E-state index contributed by atoms with van der Waals surface area (Å²) in [6, 6.07) is 8.93. The molecule has 1 aliphatic rings. The Labute approximate surface area is 139 Å². The zero-order valence-electron chi connectivity index (χ0n) is 12.6. The summed E-state index contributed by atoms with van der Waals surface area (Å²) < 4.78 is 6.21. The molecule has 0 bridgehead atoms. The number of benzene rings is 1. The van der Waals surface area contributed by atoms with Gasteiger partial charge in [-0.1, -0.05) is 61.7 Å². The molecule has 3 heteroatoms. The summed E-state index contributed by atoms with van der Waals surface area (Å²) in [7, 11) is 0. The van der Waals surface area contributed by atoms with Crippen LogP contribution in [0.2, 0.25) is 0 Å². The molecule has 0 amide bonds. The van der Waals surface area contributed by atoms with Crippen LogP contribution in [0.25, 0.3) is 0 Å². The highest BCUT2D eigenvalue weighted by Gasteiger charge is 2.39. The molecular weight excluding hydrogens is 380 g/mol. The van der Waals surface area contributed by atoms with Gasteiger partial charge in [-0.2, -0.15) is 0 Å². The summed E-state index contributed by atoms with van der Waals surface area (Å²) in [6.07, 6.45) is 3.75. The largest absolute Gasteiger partial charge is 0.372 e. The molecule has 1 aromatic rings. The minimum Gasteiger partial charge on any atom is -0.372 e. The van der Waals surface area contributed by atoms with E-state index < -0.39 is 0 Å². The van der Waals surface area contributed by atoms with Crippen LogP contribution in [-0.2, 0) is 10.2 Å². The smallest absolute Gasteiger partial charge is 0.0631 e. The third-order valence-corrected chi connectivity index (χ3v) is 6.49. The molecule has 0 radical (unpaired) electrons. The predicted octanol–water partition coefficient (Wildman–Crippen LogP) is 5.37. The van der Waals surface area contributed by atoms with Crippen LogP contribution in [0.3, 0.4) is 0 Å². The fraction of sp³-hybridized carbons (Fsp3) is 0.647. The van der Waals surface area contributed by atoms with E-state index in [0.29, 0.717) is 6.10 Å². The van der Waals surface area contributed by atoms with Crippen LogP contribution in [0.1, 0.15) is 44.2 Å². The zero-order valence-corrected chi connectivity index (χ0v) is 15.8. The molecule has 1 atom stereocenters. The highest BCUT2D eigenvalue weighted by molar-refractivity contribution is 9.09. The Morgan fingerprint density at radius 2 is 1.80 bits per heavy atom. The summed E-state index contributed by atoms with van der Waals surface area (Å²) in [5.74, 6) is 0. The highest BCUT2D eigenvalue weighted by Crippen LogP contribution is 2.40. The zero-order chi connectivity index (χ0) is 14.8. The van der Waals surface area contributed by atoms with Crippen molar-refractivity contribution in [2.75, 3.05) is 10.7 Å². The van der Waals surface area contributed by atoms with Crippen LogP contribution in [-0.4, -0.2) is 22.4 Å². The Morgan fingerprint density at radius 3 is 2.25 bits per heavy atom. The van der Waals surface area contributed by atoms with E-state index in [1.165, 1.54) is 17.5 Å². The summed E-state index contributed by atoms with van der Waals surface area (Å²) >= 11 is 7.48. The van der Waals surface area contributed by atoms with Gasteiger partial charge in [0, 0.05) is 16.1 Å². The van der Waals surface area contributed by atoms with E-state index in [1.807, 2.05) is 0 Å². The molecule has 1 fully saturated rings. The normalized spacial score (nSPS) is 22.1. The summed E-state index contributed by atoms with van der Waals surface area (Å²) in [6.45, 7) is 6.53. The maximum Gasteiger partial charge on any atom is 0.0631 e. The van der Waals surface area contributed by atoms with Gasteiger partial charge < -0.3 is 4.74 Å². The fourth-order valence-corrected chi connectivity index (χ4v) is 5.02. The minimum absolute atomic E-state index is 0.0440. The molecule has 0 aromatic heterocycles. The van der Waals surface area contributed by atoms with Gasteiger partial charge in [-0.05, 0) is 45.6 Å². The lowest BCUT2D eigenvalue weighted by Crippen LogP contribution is -2.35. The van der Waals surface area contributed by atoms with Crippen LogP contribution in [0.15, 0.2) is 24.3 Å². The fourth-order valence-electron chi connectivity index (χ4n) is 2.98. The van der Waals surface area contributed by atoms with Crippen molar-refractivity contribution in [1.29, 1.82) is 0 Å². The van der Waals surface area contributed by atoms with Crippen molar-refractivity contribution < 1.29 is 4.74 Å². The molecule has 1 nitrogen and oxygen atoms in total. The first-order valence-corrected chi connectivity index (χ1v) is 9.52. The van der Waals surface area contributed by atoms with Crippen LogP contribution >= 0.6 is 31.9 Å². The van der Waals surface area contributed by atoms with Crippen LogP contribution < -0.4 is 0 Å². The number of aryl methyl sites for hydroxylation is 1. The van der Waals surface area contributed by atoms with Gasteiger partial charge in [0.2, 0.25) is 0 Å². The Kier molecular flexibility index (Phi) is 5.36. The number of ether oxygens (including phenoxy) is 1. The maximum absolute atomic E-state index is 6.21. The molecular formula is C17H24Br2O. The lowest BCUT2D eigenvalue weighted by Gasteiger charge is -2.34. The Balaban J connectivity index is 2.19. The Bertz CT molecular complexity index is 435. The third-order valence-electron chi connectivity index (χ3n) is 4.35. The number of alkyl halides is 2. The number of hydrogen-bond donors (Lipinski definition) is 0. The summed E-state index contributed by atoms with van der Waals surface area (Å²) in [5, 5.41) is 1.91. The molecule has 1 heterocycles. The van der Waals surface area contributed by atoms with Crippen LogP contribution in [0, 0.1) is 6.92 Å². The second kappa shape index (κ2) is 6.50. The van der Waals surface area contributed by atoms with Gasteiger partial charge in [0.1, 0.15) is 0 Å².